The number of aliphatic hydroxyl groups excluding tert-OH is 1. The molecule has 1 aliphatic rings. The Kier molecular flexibility index (Phi) is 4.45. The number of nitrogens with one attached hydrogen (secondary N) is 1. The molecule has 2 rings (SSSR count). The summed E-state index contributed by atoms with van der Waals surface area (Å²) >= 11 is 11.9. The number of hydrogen-bond acceptors (Lipinski definition) is 3. The van der Waals surface area contributed by atoms with Gasteiger partial charge in [0.05, 0.1) is 12.0 Å². The van der Waals surface area contributed by atoms with Gasteiger partial charge in [-0.2, -0.15) is 0 Å². The molecule has 0 heterocycles. The van der Waals surface area contributed by atoms with E-state index in [4.69, 9.17) is 23.2 Å². The Balaban J connectivity index is 1.92. The predicted octanol–water partition coefficient (Wildman–Crippen LogP) is 2.12. The predicted molar refractivity (Wildman–Crippen MR) is 72.2 cm³/mol. The van der Waals surface area contributed by atoms with E-state index in [0.717, 1.165) is 0 Å². The van der Waals surface area contributed by atoms with Crippen LogP contribution in [0.15, 0.2) is 18.2 Å². The highest BCUT2D eigenvalue weighted by Gasteiger charge is 2.32. The summed E-state index contributed by atoms with van der Waals surface area (Å²) in [6, 6.07) is 4.93. The molecule has 4 nitrogen and oxygen atoms in total. The molecule has 0 radical (unpaired) electrons. The highest BCUT2D eigenvalue weighted by atomic mass is 35.5. The fourth-order valence-electron chi connectivity index (χ4n) is 1.95. The first kappa shape index (κ1) is 14.3. The van der Waals surface area contributed by atoms with Crippen molar-refractivity contribution in [2.24, 2.45) is 5.92 Å². The van der Waals surface area contributed by atoms with E-state index in [2.05, 4.69) is 5.32 Å². The highest BCUT2D eigenvalue weighted by Crippen LogP contribution is 2.30. The molecule has 0 spiro atoms. The Morgan fingerprint density at radius 1 is 1.37 bits per heavy atom. The van der Waals surface area contributed by atoms with Crippen molar-refractivity contribution in [3.8, 4) is 0 Å². The molecule has 6 heteroatoms. The molecule has 1 aromatic carbocycles. The summed E-state index contributed by atoms with van der Waals surface area (Å²) in [5.41, 5.74) is 0.399. The molecule has 1 atom stereocenters. The summed E-state index contributed by atoms with van der Waals surface area (Å²) < 4.78 is 0. The smallest absolute Gasteiger partial charge is 0.224 e. The number of rotatable bonds is 4. The average molecular weight is 302 g/mol. The van der Waals surface area contributed by atoms with Crippen LogP contribution in [0.4, 0.5) is 0 Å². The molecule has 1 saturated carbocycles. The van der Waals surface area contributed by atoms with E-state index in [1.807, 2.05) is 0 Å². The molecule has 0 bridgehead atoms. The Morgan fingerprint density at radius 2 is 1.95 bits per heavy atom. The van der Waals surface area contributed by atoms with Crippen LogP contribution < -0.4 is 5.32 Å². The van der Waals surface area contributed by atoms with Crippen LogP contribution in [-0.4, -0.2) is 23.3 Å². The average Bonchev–Trinajstić information content (AvgIpc) is 2.32. The molecular formula is C13H13Cl2NO3. The number of amides is 1. The van der Waals surface area contributed by atoms with E-state index >= 15 is 0 Å². The summed E-state index contributed by atoms with van der Waals surface area (Å²) in [4.78, 5) is 22.4. The molecular weight excluding hydrogens is 289 g/mol. The van der Waals surface area contributed by atoms with E-state index in [-0.39, 0.29) is 37.0 Å². The molecule has 102 valence electrons. The van der Waals surface area contributed by atoms with Crippen molar-refractivity contribution in [1.29, 1.82) is 0 Å². The first-order valence-electron chi connectivity index (χ1n) is 5.90. The highest BCUT2D eigenvalue weighted by molar-refractivity contribution is 6.36. The van der Waals surface area contributed by atoms with Crippen LogP contribution in [0.2, 0.25) is 10.0 Å². The van der Waals surface area contributed by atoms with Crippen molar-refractivity contribution < 1.29 is 14.7 Å². The fraction of sp³-hybridized carbons (Fsp3) is 0.385. The van der Waals surface area contributed by atoms with Crippen LogP contribution >= 0.6 is 23.2 Å². The Morgan fingerprint density at radius 3 is 2.47 bits per heavy atom. The number of carbonyl (C=O) groups excluding carboxylic acids is 2. The number of benzene rings is 1. The van der Waals surface area contributed by atoms with E-state index in [1.54, 1.807) is 18.2 Å². The minimum atomic E-state index is -0.971. The third kappa shape index (κ3) is 3.26. The topological polar surface area (TPSA) is 66.4 Å². The molecule has 0 saturated heterocycles. The van der Waals surface area contributed by atoms with Crippen LogP contribution in [0.1, 0.15) is 24.5 Å². The van der Waals surface area contributed by atoms with Gasteiger partial charge in [-0.1, -0.05) is 29.3 Å². The van der Waals surface area contributed by atoms with Crippen molar-refractivity contribution in [2.45, 2.75) is 18.9 Å². The Bertz CT molecular complexity index is 490. The van der Waals surface area contributed by atoms with Gasteiger partial charge in [0.25, 0.3) is 0 Å². The quantitative estimate of drug-likeness (QED) is 0.895. The number of ketones is 1. The SMILES string of the molecule is O=C1CC(C(=O)NCC(O)c2c(Cl)cccc2Cl)C1. The zero-order chi connectivity index (χ0) is 14.0. The van der Waals surface area contributed by atoms with Gasteiger partial charge in [-0.15, -0.1) is 0 Å². The first-order chi connectivity index (χ1) is 8.99. The van der Waals surface area contributed by atoms with E-state index in [0.29, 0.717) is 15.6 Å². The maximum atomic E-state index is 11.6. The maximum absolute atomic E-state index is 11.6. The molecule has 0 aliphatic heterocycles. The third-order valence-electron chi connectivity index (χ3n) is 3.12. The molecule has 1 unspecified atom stereocenters. The van der Waals surface area contributed by atoms with Crippen LogP contribution in [0.3, 0.4) is 0 Å². The Hall–Kier alpha value is -1.10. The van der Waals surface area contributed by atoms with E-state index in [1.165, 1.54) is 0 Å². The number of aliphatic hydroxyl groups is 1. The molecule has 1 amide bonds. The summed E-state index contributed by atoms with van der Waals surface area (Å²) in [5, 5.41) is 13.3. The van der Waals surface area contributed by atoms with Crippen LogP contribution in [0, 0.1) is 5.92 Å². The van der Waals surface area contributed by atoms with Gasteiger partial charge in [-0.25, -0.2) is 0 Å². The maximum Gasteiger partial charge on any atom is 0.224 e. The zero-order valence-electron chi connectivity index (χ0n) is 10.0. The van der Waals surface area contributed by atoms with Crippen molar-refractivity contribution in [1.82, 2.24) is 5.32 Å². The van der Waals surface area contributed by atoms with Gasteiger partial charge in [0.1, 0.15) is 5.78 Å². The minimum Gasteiger partial charge on any atom is -0.386 e. The van der Waals surface area contributed by atoms with Gasteiger partial charge < -0.3 is 10.4 Å². The summed E-state index contributed by atoms with van der Waals surface area (Å²) in [5.74, 6) is -0.391. The normalized spacial score (nSPS) is 16.9. The second-order valence-electron chi connectivity index (χ2n) is 4.54. The number of halogens is 2. The number of hydrogen-bond donors (Lipinski definition) is 2. The summed E-state index contributed by atoms with van der Waals surface area (Å²) in [7, 11) is 0. The van der Waals surface area contributed by atoms with Gasteiger partial charge in [-0.3, -0.25) is 9.59 Å². The largest absolute Gasteiger partial charge is 0.386 e. The second-order valence-corrected chi connectivity index (χ2v) is 5.35. The standard InChI is InChI=1S/C13H13Cl2NO3/c14-9-2-1-3-10(15)12(9)11(18)6-16-13(19)7-4-8(17)5-7/h1-3,7,11,18H,4-6H2,(H,16,19). The lowest BCUT2D eigenvalue weighted by atomic mass is 9.83. The van der Waals surface area contributed by atoms with Crippen molar-refractivity contribution in [3.05, 3.63) is 33.8 Å². The first-order valence-corrected chi connectivity index (χ1v) is 6.66. The monoisotopic (exact) mass is 301 g/mol. The zero-order valence-corrected chi connectivity index (χ0v) is 11.5. The molecule has 19 heavy (non-hydrogen) atoms. The molecule has 2 N–H and O–H groups in total. The van der Waals surface area contributed by atoms with Crippen molar-refractivity contribution >= 4 is 34.9 Å². The number of Topliss-reactive ketones (excluding diaryl/α,β-unsaturated/α-hetero) is 1. The van der Waals surface area contributed by atoms with E-state index < -0.39 is 6.10 Å². The molecule has 1 aliphatic carbocycles. The van der Waals surface area contributed by atoms with Gasteiger partial charge in [0, 0.05) is 35.0 Å². The van der Waals surface area contributed by atoms with Crippen LogP contribution in [0.5, 0.6) is 0 Å². The van der Waals surface area contributed by atoms with Gasteiger partial charge in [0.2, 0.25) is 5.91 Å². The Labute approximate surface area is 120 Å². The van der Waals surface area contributed by atoms with Crippen LogP contribution in [-0.2, 0) is 9.59 Å². The number of carbonyl (C=O) groups is 2. The lowest BCUT2D eigenvalue weighted by Gasteiger charge is -2.24. The summed E-state index contributed by atoms with van der Waals surface area (Å²) in [6.07, 6.45) is -0.398. The van der Waals surface area contributed by atoms with Gasteiger partial charge >= 0.3 is 0 Å². The third-order valence-corrected chi connectivity index (χ3v) is 3.78. The summed E-state index contributed by atoms with van der Waals surface area (Å²) in [6.45, 7) is 0.0208. The van der Waals surface area contributed by atoms with Crippen LogP contribution in [0.25, 0.3) is 0 Å². The van der Waals surface area contributed by atoms with Crippen molar-refractivity contribution in [2.75, 3.05) is 6.54 Å². The van der Waals surface area contributed by atoms with Gasteiger partial charge in [-0.05, 0) is 12.1 Å². The van der Waals surface area contributed by atoms with E-state index in [9.17, 15) is 14.7 Å². The van der Waals surface area contributed by atoms with Crippen molar-refractivity contribution in [3.63, 3.8) is 0 Å². The molecule has 1 fully saturated rings. The molecule has 1 aromatic rings. The van der Waals surface area contributed by atoms with Gasteiger partial charge in [0.15, 0.2) is 0 Å². The molecule has 0 aromatic heterocycles. The minimum absolute atomic E-state index is 0.0208. The fourth-order valence-corrected chi connectivity index (χ4v) is 2.60. The second kappa shape index (κ2) is 5.90. The lowest BCUT2D eigenvalue weighted by molar-refractivity contribution is -0.138. The lowest BCUT2D eigenvalue weighted by Crippen LogP contribution is -2.40.